The minimum atomic E-state index is -0.291. The van der Waals surface area contributed by atoms with E-state index in [9.17, 15) is 4.79 Å². The number of aromatic nitrogens is 3. The van der Waals surface area contributed by atoms with Gasteiger partial charge in [-0.15, -0.1) is 0 Å². The van der Waals surface area contributed by atoms with E-state index < -0.39 is 0 Å². The second-order valence-corrected chi connectivity index (χ2v) is 4.47. The molecule has 0 atom stereocenters. The van der Waals surface area contributed by atoms with Crippen LogP contribution in [0.2, 0.25) is 0 Å². The molecule has 2 heterocycles. The molecule has 1 amide bonds. The van der Waals surface area contributed by atoms with Gasteiger partial charge in [-0.25, -0.2) is 9.50 Å². The molecule has 0 aliphatic carbocycles. The fourth-order valence-corrected chi connectivity index (χ4v) is 2.10. The van der Waals surface area contributed by atoms with Crippen LogP contribution in [0, 0.1) is 0 Å². The normalized spacial score (nSPS) is 10.5. The molecule has 0 fully saturated rings. The molecule has 112 valence electrons. The van der Waals surface area contributed by atoms with Crippen molar-refractivity contribution in [3.05, 3.63) is 48.4 Å². The summed E-state index contributed by atoms with van der Waals surface area (Å²) in [6.45, 7) is 0. The third-order valence-corrected chi connectivity index (χ3v) is 3.17. The fourth-order valence-electron chi connectivity index (χ4n) is 2.10. The second-order valence-electron chi connectivity index (χ2n) is 4.47. The van der Waals surface area contributed by atoms with Gasteiger partial charge >= 0.3 is 0 Å². The first-order valence-corrected chi connectivity index (χ1v) is 6.54. The molecule has 3 rings (SSSR count). The van der Waals surface area contributed by atoms with Crippen molar-refractivity contribution in [1.29, 1.82) is 0 Å². The topological polar surface area (TPSA) is 77.8 Å². The second kappa shape index (κ2) is 5.72. The summed E-state index contributed by atoms with van der Waals surface area (Å²) < 4.78 is 11.9. The quantitative estimate of drug-likeness (QED) is 0.797. The monoisotopic (exact) mass is 298 g/mol. The standard InChI is InChI=1S/C15H14N4O3/c1-21-12-5-4-10(8-13(12)22-2)18-15(20)11-9-17-19-7-3-6-16-14(11)19/h3-9H,1-2H3,(H,18,20). The molecule has 0 radical (unpaired) electrons. The van der Waals surface area contributed by atoms with E-state index in [-0.39, 0.29) is 5.91 Å². The number of ether oxygens (including phenoxy) is 2. The van der Waals surface area contributed by atoms with Crippen LogP contribution in [0.3, 0.4) is 0 Å². The molecule has 2 aromatic heterocycles. The number of carbonyl (C=O) groups excluding carboxylic acids is 1. The number of hydrogen-bond acceptors (Lipinski definition) is 5. The fraction of sp³-hybridized carbons (Fsp3) is 0.133. The summed E-state index contributed by atoms with van der Waals surface area (Å²) in [5.41, 5.74) is 1.49. The van der Waals surface area contributed by atoms with Gasteiger partial charge in [-0.3, -0.25) is 4.79 Å². The lowest BCUT2D eigenvalue weighted by atomic mass is 10.2. The van der Waals surface area contributed by atoms with E-state index in [1.807, 2.05) is 0 Å². The lowest BCUT2D eigenvalue weighted by molar-refractivity contribution is 0.102. The van der Waals surface area contributed by atoms with Gasteiger partial charge in [-0.2, -0.15) is 5.10 Å². The lowest BCUT2D eigenvalue weighted by Gasteiger charge is -2.10. The maximum absolute atomic E-state index is 12.4. The van der Waals surface area contributed by atoms with Crippen molar-refractivity contribution in [3.63, 3.8) is 0 Å². The molecule has 0 aliphatic rings. The Balaban J connectivity index is 1.88. The highest BCUT2D eigenvalue weighted by Gasteiger charge is 2.14. The zero-order valence-electron chi connectivity index (χ0n) is 12.1. The summed E-state index contributed by atoms with van der Waals surface area (Å²) in [6, 6.07) is 6.90. The summed E-state index contributed by atoms with van der Waals surface area (Å²) in [6.07, 6.45) is 4.83. The van der Waals surface area contributed by atoms with Crippen molar-refractivity contribution in [3.8, 4) is 11.5 Å². The summed E-state index contributed by atoms with van der Waals surface area (Å²) >= 11 is 0. The molecule has 0 saturated carbocycles. The van der Waals surface area contributed by atoms with Crippen LogP contribution in [-0.4, -0.2) is 34.7 Å². The summed E-state index contributed by atoms with van der Waals surface area (Å²) in [4.78, 5) is 16.5. The molecule has 0 unspecified atom stereocenters. The Morgan fingerprint density at radius 3 is 2.82 bits per heavy atom. The Morgan fingerprint density at radius 1 is 1.23 bits per heavy atom. The molecule has 0 spiro atoms. The first kappa shape index (κ1) is 13.9. The summed E-state index contributed by atoms with van der Waals surface area (Å²) in [5.74, 6) is 0.845. The first-order chi connectivity index (χ1) is 10.7. The number of carbonyl (C=O) groups is 1. The SMILES string of the molecule is COc1ccc(NC(=O)c2cnn3cccnc23)cc1OC. The summed E-state index contributed by atoms with van der Waals surface area (Å²) in [5, 5.41) is 6.89. The van der Waals surface area contributed by atoms with E-state index in [1.165, 1.54) is 6.20 Å². The van der Waals surface area contributed by atoms with Gasteiger partial charge in [0.1, 0.15) is 5.56 Å². The predicted molar refractivity (Wildman–Crippen MR) is 80.5 cm³/mol. The van der Waals surface area contributed by atoms with Crippen LogP contribution in [0.5, 0.6) is 11.5 Å². The van der Waals surface area contributed by atoms with Crippen molar-refractivity contribution < 1.29 is 14.3 Å². The predicted octanol–water partition coefficient (Wildman–Crippen LogP) is 2.00. The van der Waals surface area contributed by atoms with E-state index in [0.717, 1.165) is 0 Å². The zero-order valence-corrected chi connectivity index (χ0v) is 12.1. The van der Waals surface area contributed by atoms with Crippen LogP contribution in [-0.2, 0) is 0 Å². The van der Waals surface area contributed by atoms with E-state index in [0.29, 0.717) is 28.4 Å². The lowest BCUT2D eigenvalue weighted by Crippen LogP contribution is -2.12. The van der Waals surface area contributed by atoms with Gasteiger partial charge in [-0.1, -0.05) is 0 Å². The first-order valence-electron chi connectivity index (χ1n) is 6.54. The third kappa shape index (κ3) is 2.44. The number of hydrogen-bond donors (Lipinski definition) is 1. The van der Waals surface area contributed by atoms with Crippen molar-refractivity contribution in [2.75, 3.05) is 19.5 Å². The van der Waals surface area contributed by atoms with Crippen LogP contribution < -0.4 is 14.8 Å². The molecule has 7 heteroatoms. The highest BCUT2D eigenvalue weighted by atomic mass is 16.5. The third-order valence-electron chi connectivity index (χ3n) is 3.17. The van der Waals surface area contributed by atoms with Crippen molar-refractivity contribution in [1.82, 2.24) is 14.6 Å². The minimum Gasteiger partial charge on any atom is -0.493 e. The Morgan fingerprint density at radius 2 is 2.05 bits per heavy atom. The molecule has 0 aliphatic heterocycles. The van der Waals surface area contributed by atoms with Crippen molar-refractivity contribution in [2.24, 2.45) is 0 Å². The number of amides is 1. The van der Waals surface area contributed by atoms with Gasteiger partial charge in [0.05, 0.1) is 20.4 Å². The molecule has 1 aromatic carbocycles. The van der Waals surface area contributed by atoms with Gasteiger partial charge in [0.2, 0.25) is 0 Å². The molecule has 1 N–H and O–H groups in total. The molecule has 3 aromatic rings. The van der Waals surface area contributed by atoms with Crippen LogP contribution >= 0.6 is 0 Å². The van der Waals surface area contributed by atoms with Crippen LogP contribution in [0.15, 0.2) is 42.9 Å². The Labute approximate surface area is 126 Å². The maximum atomic E-state index is 12.4. The van der Waals surface area contributed by atoms with Gasteiger partial charge < -0.3 is 14.8 Å². The van der Waals surface area contributed by atoms with E-state index >= 15 is 0 Å². The number of nitrogens with one attached hydrogen (secondary N) is 1. The van der Waals surface area contributed by atoms with E-state index in [1.54, 1.807) is 55.4 Å². The van der Waals surface area contributed by atoms with Crippen LogP contribution in [0.4, 0.5) is 5.69 Å². The minimum absolute atomic E-state index is 0.291. The molecule has 0 bridgehead atoms. The van der Waals surface area contributed by atoms with Crippen molar-refractivity contribution >= 4 is 17.2 Å². The van der Waals surface area contributed by atoms with Crippen LogP contribution in [0.25, 0.3) is 5.65 Å². The number of rotatable bonds is 4. The maximum Gasteiger partial charge on any atom is 0.261 e. The van der Waals surface area contributed by atoms with E-state index in [4.69, 9.17) is 9.47 Å². The molecular formula is C15H14N4O3. The molecule has 22 heavy (non-hydrogen) atoms. The van der Waals surface area contributed by atoms with Crippen molar-refractivity contribution in [2.45, 2.75) is 0 Å². The highest BCUT2D eigenvalue weighted by molar-refractivity contribution is 6.08. The Bertz CT molecular complexity index is 829. The Hall–Kier alpha value is -3.09. The Kier molecular flexibility index (Phi) is 3.61. The van der Waals surface area contributed by atoms with Gasteiger partial charge in [0.25, 0.3) is 5.91 Å². The number of nitrogens with zero attached hydrogens (tertiary/aromatic N) is 3. The average molecular weight is 298 g/mol. The average Bonchev–Trinajstić information content (AvgIpc) is 2.98. The molecule has 7 nitrogen and oxygen atoms in total. The highest BCUT2D eigenvalue weighted by Crippen LogP contribution is 2.29. The number of fused-ring (bicyclic) bond motifs is 1. The number of methoxy groups -OCH3 is 2. The number of benzene rings is 1. The van der Waals surface area contributed by atoms with E-state index in [2.05, 4.69) is 15.4 Å². The van der Waals surface area contributed by atoms with Gasteiger partial charge in [-0.05, 0) is 18.2 Å². The summed E-state index contributed by atoms with van der Waals surface area (Å²) in [7, 11) is 3.10. The number of anilines is 1. The molecular weight excluding hydrogens is 284 g/mol. The smallest absolute Gasteiger partial charge is 0.261 e. The largest absolute Gasteiger partial charge is 0.493 e. The zero-order chi connectivity index (χ0) is 15.5. The van der Waals surface area contributed by atoms with Gasteiger partial charge in [0.15, 0.2) is 17.1 Å². The van der Waals surface area contributed by atoms with Crippen LogP contribution in [0.1, 0.15) is 10.4 Å². The molecule has 0 saturated heterocycles. The van der Waals surface area contributed by atoms with Gasteiger partial charge in [0, 0.05) is 24.1 Å².